The van der Waals surface area contributed by atoms with Crippen molar-refractivity contribution in [2.45, 2.75) is 37.6 Å². The van der Waals surface area contributed by atoms with Gasteiger partial charge in [-0.1, -0.05) is 55.8 Å². The van der Waals surface area contributed by atoms with Crippen molar-refractivity contribution in [3.8, 4) is 11.3 Å². The van der Waals surface area contributed by atoms with Crippen LogP contribution in [0.3, 0.4) is 0 Å². The highest BCUT2D eigenvalue weighted by Crippen LogP contribution is 3.02. The molecule has 1 amide bonds. The van der Waals surface area contributed by atoms with Gasteiger partial charge in [-0.2, -0.15) is 5.10 Å². The number of benzene rings is 2. The molecule has 34 heavy (non-hydrogen) atoms. The van der Waals surface area contributed by atoms with Gasteiger partial charge < -0.3 is 11.5 Å². The maximum absolute atomic E-state index is 13.0. The Balaban J connectivity index is 1.79. The lowest BCUT2D eigenvalue weighted by atomic mass is 10.00. The summed E-state index contributed by atoms with van der Waals surface area (Å²) in [5, 5.41) is 4.36. The van der Waals surface area contributed by atoms with Crippen LogP contribution in [0.1, 0.15) is 41.4 Å². The third kappa shape index (κ3) is 5.56. The average Bonchev–Trinajstić information content (AvgIpc) is 3.04. The molecule has 1 aromatic heterocycles. The summed E-state index contributed by atoms with van der Waals surface area (Å²) in [6.07, 6.45) is -0.573. The molecule has 0 radical (unpaired) electrons. The van der Waals surface area contributed by atoms with Gasteiger partial charge in [-0.15, -0.1) is 0 Å². The number of nitrogens with two attached hydrogens (primary N) is 2. The SMILES string of the molecule is CC(C)n1nc(-c2ccc(CC(=O)Cc3cccc(S(F)(F)(F)(F)F)c3)cc2)c(C(N)=O)c1N. The van der Waals surface area contributed by atoms with Gasteiger partial charge in [0, 0.05) is 24.4 Å². The lowest BCUT2D eigenvalue weighted by Crippen LogP contribution is -2.15. The minimum Gasteiger partial charge on any atom is -0.383 e. The summed E-state index contributed by atoms with van der Waals surface area (Å²) in [4.78, 5) is 22.2. The number of ketones is 1. The van der Waals surface area contributed by atoms with Crippen molar-refractivity contribution in [3.05, 3.63) is 65.2 Å². The van der Waals surface area contributed by atoms with Gasteiger partial charge in [0.25, 0.3) is 5.91 Å². The number of nitrogen functional groups attached to an aromatic ring is 1. The summed E-state index contributed by atoms with van der Waals surface area (Å²) in [5.41, 5.74) is 12.7. The van der Waals surface area contributed by atoms with Gasteiger partial charge >= 0.3 is 10.2 Å². The van der Waals surface area contributed by atoms with Gasteiger partial charge in [0.05, 0.1) is 0 Å². The second-order valence-corrected chi connectivity index (χ2v) is 10.6. The monoisotopic (exact) mass is 502 g/mol. The molecule has 3 aromatic rings. The molecule has 12 heteroatoms. The van der Waals surface area contributed by atoms with Crippen LogP contribution in [-0.4, -0.2) is 21.5 Å². The Kier molecular flexibility index (Phi) is 5.80. The van der Waals surface area contributed by atoms with Crippen LogP contribution in [0, 0.1) is 0 Å². The average molecular weight is 503 g/mol. The Labute approximate surface area is 192 Å². The van der Waals surface area contributed by atoms with E-state index < -0.39 is 33.2 Å². The fourth-order valence-corrected chi connectivity index (χ4v) is 4.19. The molecular formula is C22H23F5N4O2S. The molecule has 6 nitrogen and oxygen atoms in total. The van der Waals surface area contributed by atoms with Crippen LogP contribution in [0.4, 0.5) is 25.2 Å². The number of hydrogen-bond donors (Lipinski definition) is 2. The van der Waals surface area contributed by atoms with Crippen molar-refractivity contribution in [1.82, 2.24) is 9.78 Å². The second-order valence-electron chi connectivity index (χ2n) is 8.22. The number of anilines is 1. The number of carbonyl (C=O) groups excluding carboxylic acids is 2. The maximum Gasteiger partial charge on any atom is 0.310 e. The van der Waals surface area contributed by atoms with Crippen LogP contribution in [0.2, 0.25) is 0 Å². The highest BCUT2D eigenvalue weighted by molar-refractivity contribution is 8.45. The Hall–Kier alpha value is -3.41. The molecule has 0 aliphatic carbocycles. The molecule has 4 N–H and O–H groups in total. The molecule has 184 valence electrons. The lowest BCUT2D eigenvalue weighted by Gasteiger charge is -2.40. The molecule has 0 saturated heterocycles. The third-order valence-electron chi connectivity index (χ3n) is 5.06. The molecule has 3 rings (SSSR count). The van der Waals surface area contributed by atoms with Crippen molar-refractivity contribution < 1.29 is 29.0 Å². The van der Waals surface area contributed by atoms with Crippen molar-refractivity contribution in [2.24, 2.45) is 5.73 Å². The zero-order chi connectivity index (χ0) is 25.5. The molecular weight excluding hydrogens is 479 g/mol. The first-order valence-electron chi connectivity index (χ1n) is 10.1. The van der Waals surface area contributed by atoms with Gasteiger partial charge in [-0.3, -0.25) is 9.59 Å². The highest BCUT2D eigenvalue weighted by atomic mass is 32.5. The second kappa shape index (κ2) is 7.83. The lowest BCUT2D eigenvalue weighted by molar-refractivity contribution is -0.117. The third-order valence-corrected chi connectivity index (χ3v) is 6.20. The fourth-order valence-electron chi connectivity index (χ4n) is 3.48. The molecule has 0 unspecified atom stereocenters. The van der Waals surface area contributed by atoms with Gasteiger partial charge in [-0.25, -0.2) is 4.68 Å². The van der Waals surface area contributed by atoms with E-state index in [0.717, 1.165) is 6.07 Å². The van der Waals surface area contributed by atoms with Crippen LogP contribution < -0.4 is 11.5 Å². The van der Waals surface area contributed by atoms with E-state index in [4.69, 9.17) is 11.5 Å². The van der Waals surface area contributed by atoms with E-state index in [-0.39, 0.29) is 35.1 Å². The van der Waals surface area contributed by atoms with Gasteiger partial charge in [0.15, 0.2) is 0 Å². The predicted octanol–water partition coefficient (Wildman–Crippen LogP) is 5.82. The number of amides is 1. The molecule has 2 aromatic carbocycles. The summed E-state index contributed by atoms with van der Waals surface area (Å²) in [5.74, 6) is -1.07. The van der Waals surface area contributed by atoms with E-state index >= 15 is 0 Å². The van der Waals surface area contributed by atoms with E-state index in [9.17, 15) is 29.0 Å². The molecule has 0 spiro atoms. The summed E-state index contributed by atoms with van der Waals surface area (Å²) in [6.45, 7) is 3.67. The molecule has 0 atom stereocenters. The van der Waals surface area contributed by atoms with Crippen molar-refractivity contribution >= 4 is 27.7 Å². The maximum atomic E-state index is 13.0. The summed E-state index contributed by atoms with van der Waals surface area (Å²) >= 11 is 0. The Morgan fingerprint density at radius 2 is 1.56 bits per heavy atom. The minimum atomic E-state index is -9.82. The summed E-state index contributed by atoms with van der Waals surface area (Å²) in [6, 6.07) is 8.92. The first-order valence-corrected chi connectivity index (χ1v) is 12.0. The standard InChI is InChI=1S/C22H23F5N4O2S/c1-13(2)31-21(28)19(22(29)33)20(30-31)16-8-6-14(7-9-16)10-17(32)11-15-4-3-5-18(12-15)34(23,24,25,26)27/h3-9,12-13H,10-11,28H2,1-2H3,(H2,29,33). The molecule has 0 aliphatic rings. The van der Waals surface area contributed by atoms with Crippen LogP contribution in [0.5, 0.6) is 0 Å². The molecule has 1 heterocycles. The number of aromatic nitrogens is 2. The number of primary amides is 1. The van der Waals surface area contributed by atoms with E-state index in [2.05, 4.69) is 5.10 Å². The minimum absolute atomic E-state index is 0.0707. The van der Waals surface area contributed by atoms with E-state index in [0.29, 0.717) is 23.3 Å². The van der Waals surface area contributed by atoms with Gasteiger partial charge in [0.2, 0.25) is 0 Å². The van der Waals surface area contributed by atoms with E-state index in [1.807, 2.05) is 13.8 Å². The Morgan fingerprint density at radius 1 is 0.971 bits per heavy atom. The fraction of sp³-hybridized carbons (Fsp3) is 0.227. The number of rotatable bonds is 8. The molecule has 0 aliphatic heterocycles. The largest absolute Gasteiger partial charge is 0.383 e. The first kappa shape index (κ1) is 25.2. The quantitative estimate of drug-likeness (QED) is 0.379. The van der Waals surface area contributed by atoms with Crippen LogP contribution in [-0.2, 0) is 17.6 Å². The Bertz CT molecular complexity index is 1270. The van der Waals surface area contributed by atoms with Crippen LogP contribution in [0.15, 0.2) is 53.4 Å². The van der Waals surface area contributed by atoms with E-state index in [1.165, 1.54) is 10.7 Å². The molecule has 0 saturated carbocycles. The zero-order valence-corrected chi connectivity index (χ0v) is 19.1. The number of carbonyl (C=O) groups is 2. The summed E-state index contributed by atoms with van der Waals surface area (Å²) in [7, 11) is -9.82. The van der Waals surface area contributed by atoms with Gasteiger partial charge in [-0.05, 0) is 37.1 Å². The number of hydrogen-bond acceptors (Lipinski definition) is 4. The number of halogens is 5. The normalized spacial score (nSPS) is 14.0. The smallest absolute Gasteiger partial charge is 0.310 e. The summed E-state index contributed by atoms with van der Waals surface area (Å²) < 4.78 is 66.5. The predicted molar refractivity (Wildman–Crippen MR) is 121 cm³/mol. The van der Waals surface area contributed by atoms with Crippen molar-refractivity contribution in [3.63, 3.8) is 0 Å². The molecule has 0 fully saturated rings. The van der Waals surface area contributed by atoms with Gasteiger partial charge in [0.1, 0.15) is 27.8 Å². The van der Waals surface area contributed by atoms with Crippen LogP contribution in [0.25, 0.3) is 11.3 Å². The highest BCUT2D eigenvalue weighted by Gasteiger charge is 2.65. The topological polar surface area (TPSA) is 104 Å². The van der Waals surface area contributed by atoms with Crippen LogP contribution >= 0.6 is 10.2 Å². The number of nitrogens with zero attached hydrogens (tertiary/aromatic N) is 2. The molecule has 0 bridgehead atoms. The van der Waals surface area contributed by atoms with E-state index in [1.54, 1.807) is 24.3 Å². The van der Waals surface area contributed by atoms with Crippen molar-refractivity contribution in [2.75, 3.05) is 5.73 Å². The Morgan fingerprint density at radius 3 is 2.09 bits per heavy atom. The zero-order valence-electron chi connectivity index (χ0n) is 18.3. The first-order chi connectivity index (χ1) is 15.5. The van der Waals surface area contributed by atoms with Crippen molar-refractivity contribution in [1.29, 1.82) is 0 Å². The number of Topliss-reactive ketones (excluding diaryl/α,β-unsaturated/α-hetero) is 1.